The Kier molecular flexibility index (Phi) is 5.26. The number of carbonyl (C=O) groups is 1. The summed E-state index contributed by atoms with van der Waals surface area (Å²) in [7, 11) is -2.22. The minimum atomic E-state index is -3.53. The van der Waals surface area contributed by atoms with E-state index in [0.29, 0.717) is 5.56 Å². The number of rotatable bonds is 6. The Bertz CT molecular complexity index is 561. The zero-order chi connectivity index (χ0) is 14.5. The van der Waals surface area contributed by atoms with Crippen LogP contribution in [0.4, 0.5) is 0 Å². The van der Waals surface area contributed by atoms with Crippen LogP contribution in [0.3, 0.4) is 0 Å². The molecule has 1 aromatic rings. The Labute approximate surface area is 113 Å². The zero-order valence-electron chi connectivity index (χ0n) is 11.0. The fraction of sp³-hybridized carbons (Fsp3) is 0.308. The second-order valence-electron chi connectivity index (χ2n) is 4.18. The van der Waals surface area contributed by atoms with Crippen LogP contribution >= 0.6 is 0 Å². The highest BCUT2D eigenvalue weighted by atomic mass is 32.2. The monoisotopic (exact) mass is 283 g/mol. The molecule has 5 nitrogen and oxygen atoms in total. The van der Waals surface area contributed by atoms with Gasteiger partial charge in [-0.05, 0) is 24.6 Å². The van der Waals surface area contributed by atoms with Crippen LogP contribution in [0.25, 0.3) is 0 Å². The molecule has 0 saturated heterocycles. The fourth-order valence-corrected chi connectivity index (χ4v) is 2.42. The summed E-state index contributed by atoms with van der Waals surface area (Å²) in [5, 5.41) is 0. The number of esters is 1. The number of ether oxygens (including phenoxy) is 1. The number of benzene rings is 1. The second kappa shape index (κ2) is 6.49. The number of hydrogen-bond donors (Lipinski definition) is 1. The van der Waals surface area contributed by atoms with Crippen molar-refractivity contribution in [2.75, 3.05) is 13.7 Å². The van der Waals surface area contributed by atoms with Gasteiger partial charge in [0.15, 0.2) is 0 Å². The molecule has 104 valence electrons. The van der Waals surface area contributed by atoms with E-state index in [1.165, 1.54) is 19.2 Å². The van der Waals surface area contributed by atoms with Crippen molar-refractivity contribution < 1.29 is 17.9 Å². The van der Waals surface area contributed by atoms with Gasteiger partial charge in [-0.15, -0.1) is 0 Å². The summed E-state index contributed by atoms with van der Waals surface area (Å²) in [4.78, 5) is 11.2. The molecule has 1 rings (SSSR count). The van der Waals surface area contributed by atoms with Gasteiger partial charge in [-0.1, -0.05) is 24.3 Å². The van der Waals surface area contributed by atoms with Gasteiger partial charge in [0, 0.05) is 6.54 Å². The van der Waals surface area contributed by atoms with Crippen molar-refractivity contribution in [2.24, 2.45) is 0 Å². The van der Waals surface area contributed by atoms with Crippen LogP contribution in [0.15, 0.2) is 41.3 Å². The first-order valence-electron chi connectivity index (χ1n) is 5.65. The zero-order valence-corrected chi connectivity index (χ0v) is 11.8. The third-order valence-electron chi connectivity index (χ3n) is 2.37. The quantitative estimate of drug-likeness (QED) is 0.630. The lowest BCUT2D eigenvalue weighted by molar-refractivity contribution is -0.139. The molecule has 0 spiro atoms. The maximum Gasteiger partial charge on any atom is 0.309 e. The fourth-order valence-electron chi connectivity index (χ4n) is 1.33. The highest BCUT2D eigenvalue weighted by Gasteiger charge is 2.13. The Hall–Kier alpha value is -1.66. The Morgan fingerprint density at radius 3 is 2.37 bits per heavy atom. The highest BCUT2D eigenvalue weighted by molar-refractivity contribution is 7.89. The predicted molar refractivity (Wildman–Crippen MR) is 72.2 cm³/mol. The summed E-state index contributed by atoms with van der Waals surface area (Å²) in [6.07, 6.45) is 0.121. The first-order valence-corrected chi connectivity index (χ1v) is 7.13. The summed E-state index contributed by atoms with van der Waals surface area (Å²) in [6, 6.07) is 6.09. The SMILES string of the molecule is C=C(C)CNS(=O)(=O)c1ccc(CC(=O)OC)cc1. The first kappa shape index (κ1) is 15.4. The number of sulfonamides is 1. The molecular formula is C13H17NO4S. The summed E-state index contributed by atoms with van der Waals surface area (Å²) in [5.41, 5.74) is 1.43. The van der Waals surface area contributed by atoms with Crippen molar-refractivity contribution >= 4 is 16.0 Å². The topological polar surface area (TPSA) is 72.5 Å². The van der Waals surface area contributed by atoms with Crippen LogP contribution in [0, 0.1) is 0 Å². The first-order chi connectivity index (χ1) is 8.85. The van der Waals surface area contributed by atoms with Gasteiger partial charge in [-0.3, -0.25) is 4.79 Å². The van der Waals surface area contributed by atoms with E-state index in [0.717, 1.165) is 5.57 Å². The summed E-state index contributed by atoms with van der Waals surface area (Å²) in [6.45, 7) is 5.57. The summed E-state index contributed by atoms with van der Waals surface area (Å²) < 4.78 is 30.7. The second-order valence-corrected chi connectivity index (χ2v) is 5.95. The van der Waals surface area contributed by atoms with Crippen LogP contribution in [0.2, 0.25) is 0 Å². The van der Waals surface area contributed by atoms with Crippen LogP contribution in [-0.4, -0.2) is 28.0 Å². The molecule has 0 fully saturated rings. The van der Waals surface area contributed by atoms with E-state index in [1.54, 1.807) is 19.1 Å². The normalized spacial score (nSPS) is 11.1. The number of methoxy groups -OCH3 is 1. The molecule has 0 aliphatic heterocycles. The van der Waals surface area contributed by atoms with E-state index in [2.05, 4.69) is 16.0 Å². The standard InChI is InChI=1S/C13H17NO4S/c1-10(2)9-14-19(16,17)12-6-4-11(5-7-12)8-13(15)18-3/h4-7,14H,1,8-9H2,2-3H3. The average molecular weight is 283 g/mol. The molecule has 0 radical (unpaired) electrons. The molecule has 0 amide bonds. The van der Waals surface area contributed by atoms with E-state index >= 15 is 0 Å². The van der Waals surface area contributed by atoms with Crippen LogP contribution in [0.5, 0.6) is 0 Å². The molecule has 0 aliphatic carbocycles. The van der Waals surface area contributed by atoms with Gasteiger partial charge in [0.2, 0.25) is 10.0 Å². The number of nitrogens with one attached hydrogen (secondary N) is 1. The molecular weight excluding hydrogens is 266 g/mol. The lowest BCUT2D eigenvalue weighted by Gasteiger charge is -2.07. The van der Waals surface area contributed by atoms with Gasteiger partial charge < -0.3 is 4.74 Å². The Balaban J connectivity index is 2.80. The number of hydrogen-bond acceptors (Lipinski definition) is 4. The lowest BCUT2D eigenvalue weighted by atomic mass is 10.2. The molecule has 0 bridgehead atoms. The van der Waals surface area contributed by atoms with Gasteiger partial charge in [0.25, 0.3) is 0 Å². The molecule has 0 atom stereocenters. The lowest BCUT2D eigenvalue weighted by Crippen LogP contribution is -2.25. The predicted octanol–water partition coefficient (Wildman–Crippen LogP) is 1.26. The maximum atomic E-state index is 11.9. The van der Waals surface area contributed by atoms with Gasteiger partial charge in [0.05, 0.1) is 18.4 Å². The van der Waals surface area contributed by atoms with E-state index in [9.17, 15) is 13.2 Å². The van der Waals surface area contributed by atoms with Crippen LogP contribution < -0.4 is 4.72 Å². The van der Waals surface area contributed by atoms with Crippen molar-refractivity contribution in [1.82, 2.24) is 4.72 Å². The molecule has 0 heterocycles. The van der Waals surface area contributed by atoms with E-state index in [4.69, 9.17) is 0 Å². The van der Waals surface area contributed by atoms with E-state index < -0.39 is 10.0 Å². The minimum Gasteiger partial charge on any atom is -0.469 e. The molecule has 0 aliphatic rings. The molecule has 0 unspecified atom stereocenters. The van der Waals surface area contributed by atoms with Gasteiger partial charge in [-0.25, -0.2) is 13.1 Å². The van der Waals surface area contributed by atoms with Crippen molar-refractivity contribution in [2.45, 2.75) is 18.2 Å². The highest BCUT2D eigenvalue weighted by Crippen LogP contribution is 2.11. The van der Waals surface area contributed by atoms with Crippen LogP contribution in [0.1, 0.15) is 12.5 Å². The van der Waals surface area contributed by atoms with E-state index in [1.807, 2.05) is 0 Å². The van der Waals surface area contributed by atoms with Crippen molar-refractivity contribution in [1.29, 1.82) is 0 Å². The maximum absolute atomic E-state index is 11.9. The molecule has 0 aromatic heterocycles. The molecule has 19 heavy (non-hydrogen) atoms. The molecule has 0 saturated carbocycles. The number of carbonyl (C=O) groups excluding carboxylic acids is 1. The summed E-state index contributed by atoms with van der Waals surface area (Å²) in [5.74, 6) is -0.365. The van der Waals surface area contributed by atoms with Gasteiger partial charge in [0.1, 0.15) is 0 Å². The van der Waals surface area contributed by atoms with Crippen LogP contribution in [-0.2, 0) is 26.0 Å². The molecule has 1 N–H and O–H groups in total. The molecule has 6 heteroatoms. The van der Waals surface area contributed by atoms with Gasteiger partial charge in [-0.2, -0.15) is 0 Å². The smallest absolute Gasteiger partial charge is 0.309 e. The third kappa shape index (κ3) is 4.84. The average Bonchev–Trinajstić information content (AvgIpc) is 2.37. The minimum absolute atomic E-state index is 0.121. The van der Waals surface area contributed by atoms with Crippen molar-refractivity contribution in [3.63, 3.8) is 0 Å². The van der Waals surface area contributed by atoms with Crippen molar-refractivity contribution in [3.05, 3.63) is 42.0 Å². The summed E-state index contributed by atoms with van der Waals surface area (Å²) >= 11 is 0. The molecule has 1 aromatic carbocycles. The van der Waals surface area contributed by atoms with Crippen molar-refractivity contribution in [3.8, 4) is 0 Å². The van der Waals surface area contributed by atoms with E-state index in [-0.39, 0.29) is 23.8 Å². The Morgan fingerprint density at radius 1 is 1.32 bits per heavy atom. The third-order valence-corrected chi connectivity index (χ3v) is 3.79. The Morgan fingerprint density at radius 2 is 1.89 bits per heavy atom. The van der Waals surface area contributed by atoms with Gasteiger partial charge >= 0.3 is 5.97 Å². The largest absolute Gasteiger partial charge is 0.469 e.